The van der Waals surface area contributed by atoms with Crippen LogP contribution in [0.25, 0.3) is 0 Å². The van der Waals surface area contributed by atoms with Crippen molar-refractivity contribution < 1.29 is 4.74 Å². The number of hydrogen-bond acceptors (Lipinski definition) is 2. The molecule has 106 valence electrons. The summed E-state index contributed by atoms with van der Waals surface area (Å²) in [5.41, 5.74) is 6.23. The van der Waals surface area contributed by atoms with Crippen molar-refractivity contribution in [1.82, 2.24) is 5.32 Å². The molecule has 0 bridgehead atoms. The van der Waals surface area contributed by atoms with Crippen LogP contribution in [0.15, 0.2) is 4.99 Å². The van der Waals surface area contributed by atoms with Gasteiger partial charge in [0.1, 0.15) is 0 Å². The number of unbranched alkanes of at least 4 members (excludes halogenated alkanes) is 1. The molecule has 0 radical (unpaired) electrons. The highest BCUT2D eigenvalue weighted by Crippen LogP contribution is 2.41. The Labute approximate surface area is 111 Å². The molecule has 0 saturated heterocycles. The second-order valence-electron chi connectivity index (χ2n) is 5.43. The summed E-state index contributed by atoms with van der Waals surface area (Å²) in [6, 6.07) is 0. The van der Waals surface area contributed by atoms with Crippen LogP contribution in [-0.4, -0.2) is 32.8 Å². The Morgan fingerprint density at radius 1 is 1.39 bits per heavy atom. The van der Waals surface area contributed by atoms with Gasteiger partial charge in [-0.25, -0.2) is 0 Å². The van der Waals surface area contributed by atoms with Crippen molar-refractivity contribution in [1.29, 1.82) is 0 Å². The molecule has 1 aliphatic rings. The van der Waals surface area contributed by atoms with Crippen molar-refractivity contribution in [3.05, 3.63) is 0 Å². The van der Waals surface area contributed by atoms with Crippen molar-refractivity contribution in [2.75, 3.05) is 26.8 Å². The lowest BCUT2D eigenvalue weighted by molar-refractivity contribution is 0.141. The highest BCUT2D eigenvalue weighted by molar-refractivity contribution is 5.77. The van der Waals surface area contributed by atoms with E-state index >= 15 is 0 Å². The number of aliphatic imine (C=N–C) groups is 1. The summed E-state index contributed by atoms with van der Waals surface area (Å²) >= 11 is 0. The molecule has 4 nitrogen and oxygen atoms in total. The molecule has 1 saturated carbocycles. The Hall–Kier alpha value is -0.770. The lowest BCUT2D eigenvalue weighted by Crippen LogP contribution is -2.34. The van der Waals surface area contributed by atoms with Crippen LogP contribution in [0.2, 0.25) is 0 Å². The highest BCUT2D eigenvalue weighted by Gasteiger charge is 2.33. The third-order valence-corrected chi connectivity index (χ3v) is 3.92. The van der Waals surface area contributed by atoms with E-state index in [1.807, 2.05) is 0 Å². The molecule has 0 heterocycles. The fraction of sp³-hybridized carbons (Fsp3) is 0.929. The molecule has 18 heavy (non-hydrogen) atoms. The van der Waals surface area contributed by atoms with Gasteiger partial charge < -0.3 is 15.8 Å². The molecule has 0 unspecified atom stereocenters. The second-order valence-corrected chi connectivity index (χ2v) is 5.43. The van der Waals surface area contributed by atoms with Gasteiger partial charge in [-0.3, -0.25) is 4.99 Å². The van der Waals surface area contributed by atoms with Crippen LogP contribution in [-0.2, 0) is 4.74 Å². The number of hydrogen-bond donors (Lipinski definition) is 2. The predicted octanol–water partition coefficient (Wildman–Crippen LogP) is 2.29. The quantitative estimate of drug-likeness (QED) is 0.397. The molecule has 0 spiro atoms. The molecule has 1 rings (SSSR count). The van der Waals surface area contributed by atoms with Crippen molar-refractivity contribution in [2.45, 2.75) is 51.9 Å². The summed E-state index contributed by atoms with van der Waals surface area (Å²) < 4.78 is 5.22. The number of guanidine groups is 1. The van der Waals surface area contributed by atoms with E-state index in [0.29, 0.717) is 11.4 Å². The van der Waals surface area contributed by atoms with E-state index in [-0.39, 0.29) is 0 Å². The first kappa shape index (κ1) is 15.3. The van der Waals surface area contributed by atoms with Gasteiger partial charge in [0.15, 0.2) is 5.96 Å². The van der Waals surface area contributed by atoms with Crippen LogP contribution >= 0.6 is 0 Å². The molecular weight excluding hydrogens is 226 g/mol. The third kappa shape index (κ3) is 5.25. The summed E-state index contributed by atoms with van der Waals surface area (Å²) in [5, 5.41) is 3.18. The zero-order chi connectivity index (χ0) is 13.3. The molecule has 1 aliphatic carbocycles. The van der Waals surface area contributed by atoms with Crippen molar-refractivity contribution >= 4 is 5.96 Å². The van der Waals surface area contributed by atoms with E-state index in [2.05, 4.69) is 17.2 Å². The van der Waals surface area contributed by atoms with Crippen LogP contribution < -0.4 is 11.1 Å². The maximum Gasteiger partial charge on any atom is 0.188 e. The number of rotatable bonds is 8. The maximum atomic E-state index is 5.89. The minimum Gasteiger partial charge on any atom is -0.385 e. The van der Waals surface area contributed by atoms with Gasteiger partial charge in [-0.2, -0.15) is 0 Å². The Morgan fingerprint density at radius 2 is 2.11 bits per heavy atom. The van der Waals surface area contributed by atoms with Crippen LogP contribution in [0.5, 0.6) is 0 Å². The predicted molar refractivity (Wildman–Crippen MR) is 76.8 cm³/mol. The molecule has 0 aromatic rings. The van der Waals surface area contributed by atoms with Crippen molar-refractivity contribution in [2.24, 2.45) is 16.1 Å². The standard InChI is InChI=1S/C14H29N3O/c1-3-4-10-16-13(15)17-12-14(9-11-18-2)7-5-6-8-14/h3-12H2,1-2H3,(H3,15,16,17). The minimum absolute atomic E-state index is 0.340. The Kier molecular flexibility index (Phi) is 7.09. The van der Waals surface area contributed by atoms with Gasteiger partial charge in [0, 0.05) is 26.8 Å². The number of methoxy groups -OCH3 is 1. The van der Waals surface area contributed by atoms with Gasteiger partial charge in [0.05, 0.1) is 0 Å². The number of nitrogens with one attached hydrogen (secondary N) is 1. The third-order valence-electron chi connectivity index (χ3n) is 3.92. The van der Waals surface area contributed by atoms with Gasteiger partial charge in [-0.05, 0) is 31.1 Å². The van der Waals surface area contributed by atoms with Gasteiger partial charge in [-0.15, -0.1) is 0 Å². The SMILES string of the molecule is CCCCNC(N)=NCC1(CCOC)CCCC1. The molecule has 0 aromatic carbocycles. The minimum atomic E-state index is 0.340. The molecule has 4 heteroatoms. The van der Waals surface area contributed by atoms with Crippen molar-refractivity contribution in [3.8, 4) is 0 Å². The summed E-state index contributed by atoms with van der Waals surface area (Å²) in [7, 11) is 1.77. The largest absolute Gasteiger partial charge is 0.385 e. The Balaban J connectivity index is 2.38. The second kappa shape index (κ2) is 8.35. The first-order valence-electron chi connectivity index (χ1n) is 7.25. The van der Waals surface area contributed by atoms with Gasteiger partial charge in [0.2, 0.25) is 0 Å². The first-order valence-corrected chi connectivity index (χ1v) is 7.25. The molecule has 1 fully saturated rings. The van der Waals surface area contributed by atoms with Crippen LogP contribution in [0.1, 0.15) is 51.9 Å². The fourth-order valence-electron chi connectivity index (χ4n) is 2.63. The highest BCUT2D eigenvalue weighted by atomic mass is 16.5. The van der Waals surface area contributed by atoms with Crippen LogP contribution in [0.4, 0.5) is 0 Å². The normalized spacial score (nSPS) is 19.1. The van der Waals surface area contributed by atoms with Gasteiger partial charge in [0.25, 0.3) is 0 Å². The Bertz CT molecular complexity index is 247. The molecular formula is C14H29N3O. The number of nitrogens with two attached hydrogens (primary N) is 1. The van der Waals surface area contributed by atoms with E-state index < -0.39 is 0 Å². The summed E-state index contributed by atoms with van der Waals surface area (Å²) in [5.74, 6) is 0.604. The van der Waals surface area contributed by atoms with Crippen LogP contribution in [0.3, 0.4) is 0 Å². The summed E-state index contributed by atoms with van der Waals surface area (Å²) in [6.45, 7) is 4.78. The summed E-state index contributed by atoms with van der Waals surface area (Å²) in [6.07, 6.45) is 8.60. The average Bonchev–Trinajstić information content (AvgIpc) is 2.84. The molecule has 0 amide bonds. The monoisotopic (exact) mass is 255 g/mol. The van der Waals surface area contributed by atoms with E-state index in [1.54, 1.807) is 7.11 Å². The molecule has 0 atom stereocenters. The number of ether oxygens (including phenoxy) is 1. The first-order chi connectivity index (χ1) is 8.72. The maximum absolute atomic E-state index is 5.89. The topological polar surface area (TPSA) is 59.6 Å². The van der Waals surface area contributed by atoms with Crippen LogP contribution in [0, 0.1) is 5.41 Å². The van der Waals surface area contributed by atoms with E-state index in [1.165, 1.54) is 32.1 Å². The molecule has 3 N–H and O–H groups in total. The van der Waals surface area contributed by atoms with E-state index in [9.17, 15) is 0 Å². The fourth-order valence-corrected chi connectivity index (χ4v) is 2.63. The van der Waals surface area contributed by atoms with Gasteiger partial charge in [-0.1, -0.05) is 26.2 Å². The van der Waals surface area contributed by atoms with E-state index in [0.717, 1.165) is 32.5 Å². The lowest BCUT2D eigenvalue weighted by Gasteiger charge is -2.26. The Morgan fingerprint density at radius 3 is 2.72 bits per heavy atom. The van der Waals surface area contributed by atoms with Gasteiger partial charge >= 0.3 is 0 Å². The average molecular weight is 255 g/mol. The summed E-state index contributed by atoms with van der Waals surface area (Å²) in [4.78, 5) is 4.53. The zero-order valence-electron chi connectivity index (χ0n) is 12.0. The smallest absolute Gasteiger partial charge is 0.188 e. The lowest BCUT2D eigenvalue weighted by atomic mass is 9.83. The molecule has 0 aromatic heterocycles. The van der Waals surface area contributed by atoms with E-state index in [4.69, 9.17) is 10.5 Å². The van der Waals surface area contributed by atoms with Crippen molar-refractivity contribution in [3.63, 3.8) is 0 Å². The zero-order valence-corrected chi connectivity index (χ0v) is 12.0. The molecule has 0 aliphatic heterocycles. The number of nitrogens with zero attached hydrogens (tertiary/aromatic N) is 1.